The first-order valence-electron chi connectivity index (χ1n) is 13.6. The molecule has 2 heterocycles. The summed E-state index contributed by atoms with van der Waals surface area (Å²) in [6.07, 6.45) is 1.64. The van der Waals surface area contributed by atoms with Crippen molar-refractivity contribution in [3.05, 3.63) is 107 Å². The maximum atomic E-state index is 9.16. The van der Waals surface area contributed by atoms with E-state index in [1.54, 1.807) is 31.6 Å². The Kier molecular flexibility index (Phi) is 7.34. The normalized spacial score (nSPS) is 10.7. The SMILES string of the molecule is COc1ccc(N(c2ccc(OC)cc2)c2ccc3c(c2)oc2cc(-c4cc(C)c(C=C(C#N)C#N)cc4C)sc23)cc1. The number of allylic oxidation sites excluding steroid dienone is 1. The van der Waals surface area contributed by atoms with Crippen LogP contribution < -0.4 is 14.4 Å². The Labute approximate surface area is 253 Å². The number of anilines is 3. The highest BCUT2D eigenvalue weighted by molar-refractivity contribution is 7.23. The molecule has 6 nitrogen and oxygen atoms in total. The van der Waals surface area contributed by atoms with Crippen molar-refractivity contribution in [3.8, 4) is 34.1 Å². The van der Waals surface area contributed by atoms with Crippen molar-refractivity contribution < 1.29 is 13.9 Å². The number of furan rings is 1. The average molecular weight is 582 g/mol. The number of thiophene rings is 1. The first-order chi connectivity index (χ1) is 20.9. The van der Waals surface area contributed by atoms with E-state index >= 15 is 0 Å². The van der Waals surface area contributed by atoms with Crippen LogP contribution in [0.3, 0.4) is 0 Å². The lowest BCUT2D eigenvalue weighted by Crippen LogP contribution is -2.09. The van der Waals surface area contributed by atoms with Crippen LogP contribution >= 0.6 is 11.3 Å². The van der Waals surface area contributed by atoms with Crippen molar-refractivity contribution in [2.45, 2.75) is 13.8 Å². The Bertz CT molecular complexity index is 2030. The molecule has 0 aliphatic carbocycles. The van der Waals surface area contributed by atoms with Crippen LogP contribution in [0, 0.1) is 36.5 Å². The molecule has 7 heteroatoms. The van der Waals surface area contributed by atoms with Gasteiger partial charge in [0.1, 0.15) is 40.4 Å². The molecular formula is C36H27N3O3S. The van der Waals surface area contributed by atoms with Crippen LogP contribution in [0.2, 0.25) is 0 Å². The molecule has 0 bridgehead atoms. The molecule has 6 rings (SSSR count). The largest absolute Gasteiger partial charge is 0.497 e. The van der Waals surface area contributed by atoms with Crippen molar-refractivity contribution in [2.75, 3.05) is 19.1 Å². The number of nitrogens with zero attached hydrogens (tertiary/aromatic N) is 3. The molecule has 4 aromatic carbocycles. The number of methoxy groups -OCH3 is 2. The number of hydrogen-bond donors (Lipinski definition) is 0. The van der Waals surface area contributed by atoms with Crippen molar-refractivity contribution in [1.29, 1.82) is 10.5 Å². The van der Waals surface area contributed by atoms with E-state index in [0.29, 0.717) is 0 Å². The molecule has 210 valence electrons. The van der Waals surface area contributed by atoms with Gasteiger partial charge in [-0.2, -0.15) is 10.5 Å². The van der Waals surface area contributed by atoms with Gasteiger partial charge in [0.25, 0.3) is 0 Å². The summed E-state index contributed by atoms with van der Waals surface area (Å²) in [4.78, 5) is 3.28. The lowest BCUT2D eigenvalue weighted by atomic mass is 9.98. The molecule has 0 radical (unpaired) electrons. The van der Waals surface area contributed by atoms with Crippen LogP contribution in [0.4, 0.5) is 17.1 Å². The van der Waals surface area contributed by atoms with Crippen molar-refractivity contribution in [3.63, 3.8) is 0 Å². The van der Waals surface area contributed by atoms with Gasteiger partial charge in [0.2, 0.25) is 0 Å². The summed E-state index contributed by atoms with van der Waals surface area (Å²) in [6, 6.07) is 32.4. The second kappa shape index (κ2) is 11.4. The lowest BCUT2D eigenvalue weighted by molar-refractivity contribution is 0.415. The number of benzene rings is 4. The second-order valence-electron chi connectivity index (χ2n) is 10.1. The molecule has 0 N–H and O–H groups in total. The van der Waals surface area contributed by atoms with Gasteiger partial charge < -0.3 is 18.8 Å². The van der Waals surface area contributed by atoms with Gasteiger partial charge >= 0.3 is 0 Å². The molecule has 0 saturated carbocycles. The van der Waals surface area contributed by atoms with Gasteiger partial charge in [-0.15, -0.1) is 11.3 Å². The van der Waals surface area contributed by atoms with Crippen molar-refractivity contribution in [2.24, 2.45) is 0 Å². The third-order valence-corrected chi connectivity index (χ3v) is 8.65. The van der Waals surface area contributed by atoms with Crippen LogP contribution in [0.15, 0.2) is 94.9 Å². The highest BCUT2D eigenvalue weighted by atomic mass is 32.1. The van der Waals surface area contributed by atoms with E-state index in [-0.39, 0.29) is 5.57 Å². The Hall–Kier alpha value is -5.50. The standard InChI is InChI=1S/C36H27N3O3S/c1-22-16-32(23(2)15-25(22)17-24(20-37)21-38)35-19-34-36(43-35)31-14-9-28(18-33(31)42-34)39(26-5-10-29(40-3)11-6-26)27-7-12-30(41-4)13-8-27/h5-19H,1-4H3. The molecular weight excluding hydrogens is 554 g/mol. The van der Waals surface area contributed by atoms with Gasteiger partial charge in [0.15, 0.2) is 0 Å². The van der Waals surface area contributed by atoms with Crippen LogP contribution in [0.25, 0.3) is 37.8 Å². The van der Waals surface area contributed by atoms with Crippen LogP contribution in [-0.2, 0) is 0 Å². The molecule has 0 atom stereocenters. The second-order valence-corrected chi connectivity index (χ2v) is 11.2. The summed E-state index contributed by atoms with van der Waals surface area (Å²) < 4.78 is 18.3. The lowest BCUT2D eigenvalue weighted by Gasteiger charge is -2.25. The third kappa shape index (κ3) is 5.19. The summed E-state index contributed by atoms with van der Waals surface area (Å²) in [5.41, 5.74) is 8.73. The zero-order valence-corrected chi connectivity index (χ0v) is 25.0. The van der Waals surface area contributed by atoms with Crippen molar-refractivity contribution >= 4 is 55.7 Å². The van der Waals surface area contributed by atoms with E-state index in [9.17, 15) is 0 Å². The Morgan fingerprint density at radius 3 is 1.93 bits per heavy atom. The van der Waals surface area contributed by atoms with Gasteiger partial charge in [0.05, 0.1) is 18.9 Å². The molecule has 0 spiro atoms. The summed E-state index contributed by atoms with van der Waals surface area (Å²) in [7, 11) is 3.32. The monoisotopic (exact) mass is 581 g/mol. The van der Waals surface area contributed by atoms with E-state index in [0.717, 1.165) is 76.9 Å². The molecule has 6 aromatic rings. The number of aryl methyl sites for hydroxylation is 2. The van der Waals surface area contributed by atoms with Gasteiger partial charge in [-0.3, -0.25) is 0 Å². The fraction of sp³-hybridized carbons (Fsp3) is 0.111. The van der Waals surface area contributed by atoms with Gasteiger partial charge in [-0.1, -0.05) is 6.07 Å². The van der Waals surface area contributed by atoms with Gasteiger partial charge in [0, 0.05) is 39.5 Å². The summed E-state index contributed by atoms with van der Waals surface area (Å²) in [6.45, 7) is 4.04. The van der Waals surface area contributed by atoms with Crippen LogP contribution in [0.5, 0.6) is 11.5 Å². The smallest absolute Gasteiger partial charge is 0.146 e. The fourth-order valence-electron chi connectivity index (χ4n) is 5.23. The quantitative estimate of drug-likeness (QED) is 0.175. The van der Waals surface area contributed by atoms with E-state index in [1.165, 1.54) is 0 Å². The molecule has 0 saturated heterocycles. The predicted octanol–water partition coefficient (Wildman–Crippen LogP) is 9.85. The maximum absolute atomic E-state index is 9.16. The zero-order chi connectivity index (χ0) is 30.1. The number of rotatable bonds is 7. The van der Waals surface area contributed by atoms with E-state index < -0.39 is 0 Å². The summed E-state index contributed by atoms with van der Waals surface area (Å²) >= 11 is 1.70. The number of fused-ring (bicyclic) bond motifs is 3. The number of hydrogen-bond acceptors (Lipinski definition) is 7. The highest BCUT2D eigenvalue weighted by Crippen LogP contribution is 2.44. The van der Waals surface area contributed by atoms with Gasteiger partial charge in [-0.25, -0.2) is 0 Å². The molecule has 0 unspecified atom stereocenters. The fourth-order valence-corrected chi connectivity index (χ4v) is 6.42. The molecule has 0 aliphatic heterocycles. The summed E-state index contributed by atoms with van der Waals surface area (Å²) in [5, 5.41) is 19.4. The summed E-state index contributed by atoms with van der Waals surface area (Å²) in [5.74, 6) is 1.59. The third-order valence-electron chi connectivity index (χ3n) is 7.47. The minimum Gasteiger partial charge on any atom is -0.497 e. The van der Waals surface area contributed by atoms with Crippen LogP contribution in [-0.4, -0.2) is 14.2 Å². The first-order valence-corrected chi connectivity index (χ1v) is 14.4. The van der Waals surface area contributed by atoms with Crippen molar-refractivity contribution in [1.82, 2.24) is 0 Å². The molecule has 0 amide bonds. The Morgan fingerprint density at radius 1 is 0.744 bits per heavy atom. The zero-order valence-electron chi connectivity index (χ0n) is 24.1. The van der Waals surface area contributed by atoms with Crippen LogP contribution in [0.1, 0.15) is 16.7 Å². The first kappa shape index (κ1) is 27.7. The molecule has 2 aromatic heterocycles. The number of nitriles is 2. The van der Waals surface area contributed by atoms with E-state index in [4.69, 9.17) is 24.4 Å². The predicted molar refractivity (Wildman–Crippen MR) is 173 cm³/mol. The number of ether oxygens (including phenoxy) is 2. The molecule has 0 fully saturated rings. The molecule has 43 heavy (non-hydrogen) atoms. The average Bonchev–Trinajstić information content (AvgIpc) is 3.60. The van der Waals surface area contributed by atoms with Gasteiger partial charge in [-0.05, 0) is 109 Å². The minimum absolute atomic E-state index is 0.0901. The van der Waals surface area contributed by atoms with E-state index in [1.807, 2.05) is 80.6 Å². The topological polar surface area (TPSA) is 82.4 Å². The van der Waals surface area contributed by atoms with E-state index in [2.05, 4.69) is 35.2 Å². The molecule has 0 aliphatic rings. The maximum Gasteiger partial charge on any atom is 0.146 e. The highest BCUT2D eigenvalue weighted by Gasteiger charge is 2.18. The Balaban J connectivity index is 1.40. The Morgan fingerprint density at radius 2 is 1.35 bits per heavy atom. The minimum atomic E-state index is 0.0901.